The number of hydrogen-bond donors (Lipinski definition) is 2. The molecule has 0 atom stereocenters. The van der Waals surface area contributed by atoms with E-state index in [4.69, 9.17) is 27.0 Å². The summed E-state index contributed by atoms with van der Waals surface area (Å²) < 4.78 is 10.0. The standard InChI is InChI=1S/C9H12ClNO4/c1-13-7-3-6(12)5(4-15-11)8(10)9(7)14-2/h3,12H,4,11H2,1-2H3. The summed E-state index contributed by atoms with van der Waals surface area (Å²) in [5, 5.41) is 9.82. The molecule has 1 rings (SSSR count). The quantitative estimate of drug-likeness (QED) is 0.770. The first-order valence-electron chi connectivity index (χ1n) is 4.09. The molecule has 3 N–H and O–H groups in total. The molecule has 0 aromatic heterocycles. The highest BCUT2D eigenvalue weighted by molar-refractivity contribution is 6.33. The average Bonchev–Trinajstić information content (AvgIpc) is 2.23. The fourth-order valence-electron chi connectivity index (χ4n) is 1.20. The summed E-state index contributed by atoms with van der Waals surface area (Å²) in [4.78, 5) is 4.42. The lowest BCUT2D eigenvalue weighted by Gasteiger charge is -2.13. The molecule has 0 saturated carbocycles. The predicted octanol–water partition coefficient (Wildman–Crippen LogP) is 1.45. The molecule has 0 aliphatic rings. The monoisotopic (exact) mass is 233 g/mol. The predicted molar refractivity (Wildman–Crippen MR) is 55.2 cm³/mol. The van der Waals surface area contributed by atoms with E-state index < -0.39 is 0 Å². The van der Waals surface area contributed by atoms with Gasteiger partial charge in [0, 0.05) is 11.6 Å². The van der Waals surface area contributed by atoms with Crippen LogP contribution in [0.5, 0.6) is 17.2 Å². The van der Waals surface area contributed by atoms with Crippen molar-refractivity contribution in [3.63, 3.8) is 0 Å². The van der Waals surface area contributed by atoms with Crippen LogP contribution in [-0.2, 0) is 11.4 Å². The van der Waals surface area contributed by atoms with E-state index in [1.165, 1.54) is 20.3 Å². The van der Waals surface area contributed by atoms with Crippen LogP contribution in [0.25, 0.3) is 0 Å². The average molecular weight is 234 g/mol. The maximum Gasteiger partial charge on any atom is 0.180 e. The third-order valence-electron chi connectivity index (χ3n) is 1.92. The molecule has 1 aromatic carbocycles. The van der Waals surface area contributed by atoms with E-state index in [0.29, 0.717) is 17.1 Å². The molecule has 5 nitrogen and oxygen atoms in total. The van der Waals surface area contributed by atoms with Crippen molar-refractivity contribution in [3.05, 3.63) is 16.7 Å². The Morgan fingerprint density at radius 1 is 1.40 bits per heavy atom. The first-order chi connectivity index (χ1) is 7.15. The minimum atomic E-state index is -0.0527. The number of phenols is 1. The molecule has 0 radical (unpaired) electrons. The number of hydrogen-bond acceptors (Lipinski definition) is 5. The molecule has 0 bridgehead atoms. The molecule has 0 fully saturated rings. The Bertz CT molecular complexity index is 356. The second kappa shape index (κ2) is 5.06. The molecule has 1 aromatic rings. The normalized spacial score (nSPS) is 10.1. The zero-order valence-electron chi connectivity index (χ0n) is 8.41. The summed E-state index contributed by atoms with van der Waals surface area (Å²) in [6, 6.07) is 1.39. The number of benzene rings is 1. The van der Waals surface area contributed by atoms with Gasteiger partial charge in [-0.05, 0) is 0 Å². The van der Waals surface area contributed by atoms with Gasteiger partial charge in [-0.1, -0.05) is 11.6 Å². The molecular weight excluding hydrogens is 222 g/mol. The van der Waals surface area contributed by atoms with Crippen molar-refractivity contribution >= 4 is 11.6 Å². The topological polar surface area (TPSA) is 73.9 Å². The van der Waals surface area contributed by atoms with Gasteiger partial charge in [0.25, 0.3) is 0 Å². The van der Waals surface area contributed by atoms with Crippen molar-refractivity contribution in [3.8, 4) is 17.2 Å². The molecule has 0 unspecified atom stereocenters. The Morgan fingerprint density at radius 2 is 2.07 bits per heavy atom. The summed E-state index contributed by atoms with van der Waals surface area (Å²) in [5.74, 6) is 5.55. The fraction of sp³-hybridized carbons (Fsp3) is 0.333. The molecule has 0 spiro atoms. The van der Waals surface area contributed by atoms with E-state index in [1.807, 2.05) is 0 Å². The summed E-state index contributed by atoms with van der Waals surface area (Å²) in [6.45, 7) is -0.00891. The molecule has 15 heavy (non-hydrogen) atoms. The van der Waals surface area contributed by atoms with Crippen molar-refractivity contribution < 1.29 is 19.4 Å². The summed E-state index contributed by atoms with van der Waals surface area (Å²) in [6.07, 6.45) is 0. The number of halogens is 1. The first kappa shape index (κ1) is 11.9. The third-order valence-corrected chi connectivity index (χ3v) is 2.32. The number of ether oxygens (including phenoxy) is 2. The van der Waals surface area contributed by atoms with E-state index in [9.17, 15) is 5.11 Å². The summed E-state index contributed by atoms with van der Waals surface area (Å²) >= 11 is 5.98. The van der Waals surface area contributed by atoms with Gasteiger partial charge in [0.05, 0.1) is 25.8 Å². The van der Waals surface area contributed by atoms with Crippen LogP contribution in [0.15, 0.2) is 6.07 Å². The zero-order chi connectivity index (χ0) is 11.4. The number of rotatable bonds is 4. The van der Waals surface area contributed by atoms with Crippen LogP contribution in [0, 0.1) is 0 Å². The molecule has 0 amide bonds. The second-order valence-electron chi connectivity index (χ2n) is 2.73. The highest BCUT2D eigenvalue weighted by Gasteiger charge is 2.17. The SMILES string of the molecule is COc1cc(O)c(CON)c(Cl)c1OC. The molecule has 0 aliphatic carbocycles. The lowest BCUT2D eigenvalue weighted by molar-refractivity contribution is 0.122. The van der Waals surface area contributed by atoms with Crippen molar-refractivity contribution in [2.75, 3.05) is 14.2 Å². The Kier molecular flexibility index (Phi) is 4.02. The van der Waals surface area contributed by atoms with Crippen LogP contribution >= 0.6 is 11.6 Å². The van der Waals surface area contributed by atoms with E-state index in [1.54, 1.807) is 0 Å². The van der Waals surface area contributed by atoms with Gasteiger partial charge in [0.15, 0.2) is 11.5 Å². The largest absolute Gasteiger partial charge is 0.507 e. The lowest BCUT2D eigenvalue weighted by atomic mass is 10.2. The number of aromatic hydroxyl groups is 1. The highest BCUT2D eigenvalue weighted by Crippen LogP contribution is 2.42. The Balaban J connectivity index is 3.31. The van der Waals surface area contributed by atoms with Crippen LogP contribution in [0.1, 0.15) is 5.56 Å². The van der Waals surface area contributed by atoms with Crippen molar-refractivity contribution in [1.82, 2.24) is 0 Å². The van der Waals surface area contributed by atoms with Gasteiger partial charge < -0.3 is 14.6 Å². The maximum absolute atomic E-state index is 9.60. The second-order valence-corrected chi connectivity index (χ2v) is 3.11. The Hall–Kier alpha value is -1.17. The van der Waals surface area contributed by atoms with Crippen LogP contribution in [0.2, 0.25) is 5.02 Å². The third kappa shape index (κ3) is 2.26. The smallest absolute Gasteiger partial charge is 0.180 e. The van der Waals surface area contributed by atoms with Crippen molar-refractivity contribution in [2.24, 2.45) is 5.90 Å². The number of methoxy groups -OCH3 is 2. The molecule has 6 heteroatoms. The van der Waals surface area contributed by atoms with Gasteiger partial charge in [-0.2, -0.15) is 0 Å². The van der Waals surface area contributed by atoms with Gasteiger partial charge >= 0.3 is 0 Å². The van der Waals surface area contributed by atoms with Crippen molar-refractivity contribution in [1.29, 1.82) is 0 Å². The Labute approximate surface area is 92.3 Å². The van der Waals surface area contributed by atoms with Gasteiger partial charge in [0.2, 0.25) is 0 Å². The first-order valence-corrected chi connectivity index (χ1v) is 4.47. The van der Waals surface area contributed by atoms with Crippen molar-refractivity contribution in [2.45, 2.75) is 6.61 Å². The van der Waals surface area contributed by atoms with Gasteiger partial charge in [0.1, 0.15) is 5.75 Å². The van der Waals surface area contributed by atoms with Gasteiger partial charge in [-0.25, -0.2) is 5.90 Å². The van der Waals surface area contributed by atoms with E-state index in [0.717, 1.165) is 0 Å². The number of phenolic OH excluding ortho intramolecular Hbond substituents is 1. The van der Waals surface area contributed by atoms with Gasteiger partial charge in [-0.3, -0.25) is 4.84 Å². The van der Waals surface area contributed by atoms with Crippen LogP contribution in [0.3, 0.4) is 0 Å². The molecule has 0 heterocycles. The maximum atomic E-state index is 9.60. The van der Waals surface area contributed by atoms with E-state index in [-0.39, 0.29) is 17.4 Å². The van der Waals surface area contributed by atoms with Gasteiger partial charge in [-0.15, -0.1) is 0 Å². The molecule has 0 saturated heterocycles. The van der Waals surface area contributed by atoms with E-state index in [2.05, 4.69) is 4.84 Å². The minimum Gasteiger partial charge on any atom is -0.507 e. The van der Waals surface area contributed by atoms with E-state index >= 15 is 0 Å². The summed E-state index contributed by atoms with van der Waals surface area (Å²) in [7, 11) is 2.90. The van der Waals surface area contributed by atoms with Crippen LogP contribution in [0.4, 0.5) is 0 Å². The highest BCUT2D eigenvalue weighted by atomic mass is 35.5. The zero-order valence-corrected chi connectivity index (χ0v) is 9.17. The lowest BCUT2D eigenvalue weighted by Crippen LogP contribution is -2.02. The molecule has 84 valence electrons. The van der Waals surface area contributed by atoms with Crippen LogP contribution in [-0.4, -0.2) is 19.3 Å². The molecule has 0 aliphatic heterocycles. The molecular formula is C9H12ClNO4. The minimum absolute atomic E-state index is 0.00891. The summed E-state index contributed by atoms with van der Waals surface area (Å²) in [5.41, 5.74) is 0.358. The van der Waals surface area contributed by atoms with Crippen LogP contribution < -0.4 is 15.4 Å². The fourth-order valence-corrected chi connectivity index (χ4v) is 1.52. The number of nitrogens with two attached hydrogens (primary N) is 1. The Morgan fingerprint density at radius 3 is 2.53 bits per heavy atom.